The SMILES string of the molecule is C[C@@H]1[C@@H](O)[C@@H](C)C(=O)[C@@H](C)[C@@H](O)[C@@H](C)C(=O)O[C@@H]1c1cc(O)cc(O)c1. The van der Waals surface area contributed by atoms with Gasteiger partial charge in [-0.05, 0) is 19.1 Å². The van der Waals surface area contributed by atoms with Crippen LogP contribution in [0, 0.1) is 23.7 Å². The molecule has 1 saturated heterocycles. The van der Waals surface area contributed by atoms with E-state index in [0.29, 0.717) is 0 Å². The molecule has 1 aliphatic rings. The lowest BCUT2D eigenvalue weighted by Crippen LogP contribution is -2.45. The van der Waals surface area contributed by atoms with Gasteiger partial charge in [-0.3, -0.25) is 9.59 Å². The Morgan fingerprint density at radius 1 is 0.808 bits per heavy atom. The Hall–Kier alpha value is -2.12. The molecule has 4 N–H and O–H groups in total. The predicted octanol–water partition coefficient (Wildman–Crippen LogP) is 1.53. The van der Waals surface area contributed by atoms with Crippen molar-refractivity contribution in [1.82, 2.24) is 0 Å². The minimum Gasteiger partial charge on any atom is -0.508 e. The second-order valence-corrected chi connectivity index (χ2v) is 7.25. The molecule has 144 valence electrons. The molecule has 0 amide bonds. The van der Waals surface area contributed by atoms with Crippen molar-refractivity contribution >= 4 is 11.8 Å². The van der Waals surface area contributed by atoms with Gasteiger partial charge < -0.3 is 25.2 Å². The van der Waals surface area contributed by atoms with Gasteiger partial charge >= 0.3 is 5.97 Å². The van der Waals surface area contributed by atoms with E-state index >= 15 is 0 Å². The lowest BCUT2D eigenvalue weighted by Gasteiger charge is -2.35. The van der Waals surface area contributed by atoms with E-state index in [1.807, 2.05) is 0 Å². The van der Waals surface area contributed by atoms with Crippen LogP contribution in [0.2, 0.25) is 0 Å². The number of hydrogen-bond donors (Lipinski definition) is 4. The minimum absolute atomic E-state index is 0.222. The third-order valence-corrected chi connectivity index (χ3v) is 5.32. The number of cyclic esters (lactones) is 1. The predicted molar refractivity (Wildman–Crippen MR) is 92.3 cm³/mol. The zero-order valence-corrected chi connectivity index (χ0v) is 15.3. The summed E-state index contributed by atoms with van der Waals surface area (Å²) in [6, 6.07) is 3.78. The van der Waals surface area contributed by atoms with Crippen molar-refractivity contribution < 1.29 is 34.8 Å². The van der Waals surface area contributed by atoms with E-state index in [0.717, 1.165) is 6.07 Å². The highest BCUT2D eigenvalue weighted by Gasteiger charge is 2.42. The summed E-state index contributed by atoms with van der Waals surface area (Å²) >= 11 is 0. The number of carbonyl (C=O) groups is 2. The molecular formula is C19H26O7. The topological polar surface area (TPSA) is 124 Å². The first-order valence-electron chi connectivity index (χ1n) is 8.67. The summed E-state index contributed by atoms with van der Waals surface area (Å²) in [5, 5.41) is 40.5. The number of phenolic OH excluding ortho intramolecular Hbond substituents is 2. The average Bonchev–Trinajstić information content (AvgIpc) is 2.59. The number of aliphatic hydroxyl groups is 2. The number of aliphatic hydroxyl groups excluding tert-OH is 2. The number of aromatic hydroxyl groups is 2. The molecule has 0 unspecified atom stereocenters. The molecule has 26 heavy (non-hydrogen) atoms. The molecule has 1 heterocycles. The van der Waals surface area contributed by atoms with E-state index in [9.17, 15) is 30.0 Å². The summed E-state index contributed by atoms with van der Waals surface area (Å²) < 4.78 is 5.53. The van der Waals surface area contributed by atoms with Crippen LogP contribution in [-0.4, -0.2) is 44.4 Å². The summed E-state index contributed by atoms with van der Waals surface area (Å²) in [4.78, 5) is 25.1. The first kappa shape index (κ1) is 20.2. The maximum atomic E-state index is 12.6. The first-order valence-corrected chi connectivity index (χ1v) is 8.67. The van der Waals surface area contributed by atoms with E-state index in [-0.39, 0.29) is 22.8 Å². The Labute approximate surface area is 152 Å². The normalized spacial score (nSPS) is 36.5. The van der Waals surface area contributed by atoms with E-state index in [2.05, 4.69) is 0 Å². The van der Waals surface area contributed by atoms with Crippen LogP contribution in [0.3, 0.4) is 0 Å². The second-order valence-electron chi connectivity index (χ2n) is 7.25. The average molecular weight is 366 g/mol. The Bertz CT molecular complexity index is 666. The van der Waals surface area contributed by atoms with Gasteiger partial charge in [-0.2, -0.15) is 0 Å². The Kier molecular flexibility index (Phi) is 5.93. The Morgan fingerprint density at radius 3 is 1.85 bits per heavy atom. The number of Topliss-reactive ketones (excluding diaryl/α,β-unsaturated/α-hetero) is 1. The monoisotopic (exact) mass is 366 g/mol. The smallest absolute Gasteiger partial charge is 0.311 e. The van der Waals surface area contributed by atoms with Crippen LogP contribution in [0.25, 0.3) is 0 Å². The summed E-state index contributed by atoms with van der Waals surface area (Å²) in [5.74, 6) is -4.75. The quantitative estimate of drug-likeness (QED) is 0.556. The summed E-state index contributed by atoms with van der Waals surface area (Å²) in [6.07, 6.45) is -3.39. The fourth-order valence-corrected chi connectivity index (χ4v) is 3.45. The summed E-state index contributed by atoms with van der Waals surface area (Å²) in [6.45, 7) is 6.19. The van der Waals surface area contributed by atoms with Crippen molar-refractivity contribution in [2.24, 2.45) is 23.7 Å². The van der Waals surface area contributed by atoms with Gasteiger partial charge in [0.1, 0.15) is 23.4 Å². The minimum atomic E-state index is -1.24. The zero-order valence-electron chi connectivity index (χ0n) is 15.3. The maximum Gasteiger partial charge on any atom is 0.311 e. The number of phenols is 2. The Balaban J connectivity index is 2.50. The van der Waals surface area contributed by atoms with Crippen molar-refractivity contribution in [3.8, 4) is 11.5 Å². The van der Waals surface area contributed by atoms with E-state index in [1.54, 1.807) is 13.8 Å². The fraction of sp³-hybridized carbons (Fsp3) is 0.579. The molecule has 2 rings (SSSR count). The van der Waals surface area contributed by atoms with Crippen molar-refractivity contribution in [2.45, 2.75) is 46.0 Å². The summed E-state index contributed by atoms with van der Waals surface area (Å²) in [5.41, 5.74) is 0.289. The lowest BCUT2D eigenvalue weighted by atomic mass is 9.78. The number of rotatable bonds is 1. The van der Waals surface area contributed by atoms with Crippen molar-refractivity contribution in [3.63, 3.8) is 0 Å². The molecule has 1 fully saturated rings. The molecule has 0 bridgehead atoms. The van der Waals surface area contributed by atoms with Crippen LogP contribution in [0.4, 0.5) is 0 Å². The summed E-state index contributed by atoms with van der Waals surface area (Å²) in [7, 11) is 0. The highest BCUT2D eigenvalue weighted by molar-refractivity contribution is 5.85. The van der Waals surface area contributed by atoms with Gasteiger partial charge in [-0.25, -0.2) is 0 Å². The van der Waals surface area contributed by atoms with Crippen LogP contribution >= 0.6 is 0 Å². The fourth-order valence-electron chi connectivity index (χ4n) is 3.45. The molecule has 0 aliphatic carbocycles. The highest BCUT2D eigenvalue weighted by atomic mass is 16.5. The molecule has 1 aromatic carbocycles. The molecule has 1 aromatic rings. The molecule has 7 heteroatoms. The van der Waals surface area contributed by atoms with Crippen LogP contribution in [0.5, 0.6) is 11.5 Å². The maximum absolute atomic E-state index is 12.6. The van der Waals surface area contributed by atoms with Gasteiger partial charge in [0.2, 0.25) is 0 Å². The number of benzene rings is 1. The molecule has 0 spiro atoms. The third-order valence-electron chi connectivity index (χ3n) is 5.32. The van der Waals surface area contributed by atoms with Gasteiger partial charge in [0.05, 0.1) is 18.1 Å². The van der Waals surface area contributed by atoms with Crippen LogP contribution in [-0.2, 0) is 14.3 Å². The van der Waals surface area contributed by atoms with Gasteiger partial charge in [0.15, 0.2) is 0 Å². The van der Waals surface area contributed by atoms with Crippen LogP contribution in [0.1, 0.15) is 39.4 Å². The largest absolute Gasteiger partial charge is 0.508 e. The number of hydrogen-bond acceptors (Lipinski definition) is 7. The first-order chi connectivity index (χ1) is 12.0. The van der Waals surface area contributed by atoms with Gasteiger partial charge in [0, 0.05) is 29.4 Å². The molecule has 1 aliphatic heterocycles. The molecule has 7 atom stereocenters. The zero-order chi connectivity index (χ0) is 19.8. The number of ketones is 1. The van der Waals surface area contributed by atoms with Crippen molar-refractivity contribution in [2.75, 3.05) is 0 Å². The molecule has 0 aromatic heterocycles. The van der Waals surface area contributed by atoms with E-state index in [1.165, 1.54) is 26.0 Å². The Morgan fingerprint density at radius 2 is 1.31 bits per heavy atom. The molecule has 7 nitrogen and oxygen atoms in total. The van der Waals surface area contributed by atoms with E-state index in [4.69, 9.17) is 4.74 Å². The standard InChI is InChI=1S/C19H26O7/c1-8-15(22)9(2)17(24)11(4)19(25)26-18(10(3)16(8)23)12-5-13(20)7-14(21)6-12/h5-11,16-18,20-21,23-24H,1-4H3/t8-,9+,10+,11+,16-,17+,18-/m0/s1. The highest BCUT2D eigenvalue weighted by Crippen LogP contribution is 2.37. The number of ether oxygens (including phenoxy) is 1. The second kappa shape index (κ2) is 7.63. The van der Waals surface area contributed by atoms with Crippen molar-refractivity contribution in [3.05, 3.63) is 23.8 Å². The van der Waals surface area contributed by atoms with E-state index < -0.39 is 48.0 Å². The van der Waals surface area contributed by atoms with Gasteiger partial charge in [0.25, 0.3) is 0 Å². The van der Waals surface area contributed by atoms with Gasteiger partial charge in [-0.15, -0.1) is 0 Å². The molecule has 0 saturated carbocycles. The third kappa shape index (κ3) is 3.83. The van der Waals surface area contributed by atoms with Crippen molar-refractivity contribution in [1.29, 1.82) is 0 Å². The van der Waals surface area contributed by atoms with Crippen LogP contribution in [0.15, 0.2) is 18.2 Å². The molecular weight excluding hydrogens is 340 g/mol. The van der Waals surface area contributed by atoms with Crippen LogP contribution < -0.4 is 0 Å². The number of esters is 1. The lowest BCUT2D eigenvalue weighted by molar-refractivity contribution is -0.168. The van der Waals surface area contributed by atoms with Gasteiger partial charge in [-0.1, -0.05) is 20.8 Å². The number of carbonyl (C=O) groups excluding carboxylic acids is 2. The molecule has 0 radical (unpaired) electrons.